The van der Waals surface area contributed by atoms with Gasteiger partial charge in [-0.2, -0.15) is 0 Å². The number of carbonyl (C=O) groups is 2. The van der Waals surface area contributed by atoms with Crippen LogP contribution in [0.3, 0.4) is 0 Å². The van der Waals surface area contributed by atoms with Gasteiger partial charge < -0.3 is 15.2 Å². The molecular weight excluding hydrogens is 338 g/mol. The van der Waals surface area contributed by atoms with Crippen LogP contribution in [0, 0.1) is 5.92 Å². The molecule has 27 heavy (non-hydrogen) atoms. The standard InChI is InChI=1S/C22H29N3O2/c26-21(14-17-15-23-20-9-5-4-8-19(17)20)25-12-10-16(11-13-25)22(27)24-18-6-2-1-3-7-18/h4-5,8-9,15-16,18,23H,1-3,6-7,10-14H2,(H,24,27). The lowest BCUT2D eigenvalue weighted by Gasteiger charge is -2.33. The van der Waals surface area contributed by atoms with E-state index in [-0.39, 0.29) is 17.7 Å². The number of fused-ring (bicyclic) bond motifs is 1. The Kier molecular flexibility index (Phi) is 5.46. The van der Waals surface area contributed by atoms with Crippen LogP contribution in [0.15, 0.2) is 30.5 Å². The third kappa shape index (κ3) is 4.18. The van der Waals surface area contributed by atoms with E-state index >= 15 is 0 Å². The first-order valence-electron chi connectivity index (χ1n) is 10.3. The molecule has 0 atom stereocenters. The predicted octanol–water partition coefficient (Wildman–Crippen LogP) is 3.40. The quantitative estimate of drug-likeness (QED) is 0.870. The summed E-state index contributed by atoms with van der Waals surface area (Å²) in [5, 5.41) is 4.36. The minimum atomic E-state index is 0.0593. The first kappa shape index (κ1) is 18.1. The predicted molar refractivity (Wildman–Crippen MR) is 106 cm³/mol. The topological polar surface area (TPSA) is 65.2 Å². The molecule has 4 rings (SSSR count). The molecule has 2 heterocycles. The number of carbonyl (C=O) groups excluding carboxylic acids is 2. The summed E-state index contributed by atoms with van der Waals surface area (Å²) < 4.78 is 0. The highest BCUT2D eigenvalue weighted by Crippen LogP contribution is 2.23. The van der Waals surface area contributed by atoms with Crippen molar-refractivity contribution in [3.05, 3.63) is 36.0 Å². The molecule has 1 aromatic carbocycles. The number of likely N-dealkylation sites (tertiary alicyclic amines) is 1. The Morgan fingerprint density at radius 3 is 2.56 bits per heavy atom. The van der Waals surface area contributed by atoms with Gasteiger partial charge in [0.15, 0.2) is 0 Å². The summed E-state index contributed by atoms with van der Waals surface area (Å²) in [7, 11) is 0. The third-order valence-corrected chi connectivity index (χ3v) is 6.19. The highest BCUT2D eigenvalue weighted by atomic mass is 16.2. The fraction of sp³-hybridized carbons (Fsp3) is 0.545. The molecule has 0 spiro atoms. The van der Waals surface area contributed by atoms with Crippen molar-refractivity contribution in [3.63, 3.8) is 0 Å². The fourth-order valence-corrected chi connectivity index (χ4v) is 4.51. The number of benzene rings is 1. The van der Waals surface area contributed by atoms with Crippen LogP contribution in [-0.4, -0.2) is 40.8 Å². The average molecular weight is 367 g/mol. The van der Waals surface area contributed by atoms with Crippen molar-refractivity contribution in [2.75, 3.05) is 13.1 Å². The Labute approximate surface area is 160 Å². The summed E-state index contributed by atoms with van der Waals surface area (Å²) in [6.45, 7) is 1.37. The lowest BCUT2D eigenvalue weighted by atomic mass is 9.92. The van der Waals surface area contributed by atoms with E-state index in [1.165, 1.54) is 19.3 Å². The molecule has 5 nitrogen and oxygen atoms in total. The van der Waals surface area contributed by atoms with Crippen LogP contribution in [0.5, 0.6) is 0 Å². The van der Waals surface area contributed by atoms with Crippen LogP contribution in [0.2, 0.25) is 0 Å². The summed E-state index contributed by atoms with van der Waals surface area (Å²) in [6.07, 6.45) is 9.90. The van der Waals surface area contributed by atoms with E-state index < -0.39 is 0 Å². The summed E-state index contributed by atoms with van der Waals surface area (Å²) in [5.74, 6) is 0.417. The largest absolute Gasteiger partial charge is 0.361 e. The van der Waals surface area contributed by atoms with Gasteiger partial charge in [0.2, 0.25) is 11.8 Å². The lowest BCUT2D eigenvalue weighted by Crippen LogP contribution is -2.46. The second-order valence-corrected chi connectivity index (χ2v) is 8.03. The number of rotatable bonds is 4. The molecule has 0 radical (unpaired) electrons. The first-order valence-corrected chi connectivity index (χ1v) is 10.3. The molecular formula is C22H29N3O2. The van der Waals surface area contributed by atoms with Crippen molar-refractivity contribution in [2.24, 2.45) is 5.92 Å². The SMILES string of the molecule is O=C(NC1CCCCC1)C1CCN(C(=O)Cc2c[nH]c3ccccc23)CC1. The number of aromatic amines is 1. The first-order chi connectivity index (χ1) is 13.2. The summed E-state index contributed by atoms with van der Waals surface area (Å²) in [4.78, 5) is 30.4. The van der Waals surface area contributed by atoms with Gasteiger partial charge in [0.05, 0.1) is 6.42 Å². The maximum Gasteiger partial charge on any atom is 0.227 e. The maximum absolute atomic E-state index is 12.7. The number of hydrogen-bond acceptors (Lipinski definition) is 2. The van der Waals surface area contributed by atoms with E-state index in [4.69, 9.17) is 0 Å². The Balaban J connectivity index is 1.28. The van der Waals surface area contributed by atoms with Gasteiger partial charge >= 0.3 is 0 Å². The van der Waals surface area contributed by atoms with E-state index in [0.29, 0.717) is 25.6 Å². The van der Waals surface area contributed by atoms with Gasteiger partial charge in [-0.05, 0) is 37.3 Å². The van der Waals surface area contributed by atoms with Gasteiger partial charge in [0.1, 0.15) is 0 Å². The van der Waals surface area contributed by atoms with Gasteiger partial charge in [-0.1, -0.05) is 37.5 Å². The number of piperidine rings is 1. The van der Waals surface area contributed by atoms with Crippen LogP contribution in [-0.2, 0) is 16.0 Å². The van der Waals surface area contributed by atoms with Crippen LogP contribution < -0.4 is 5.32 Å². The second kappa shape index (κ2) is 8.15. The molecule has 0 bridgehead atoms. The molecule has 2 fully saturated rings. The Morgan fingerprint density at radius 1 is 1.04 bits per heavy atom. The van der Waals surface area contributed by atoms with Gasteiger partial charge in [-0.3, -0.25) is 9.59 Å². The van der Waals surface area contributed by atoms with E-state index in [2.05, 4.69) is 16.4 Å². The molecule has 1 saturated heterocycles. The molecule has 144 valence electrons. The Hall–Kier alpha value is -2.30. The van der Waals surface area contributed by atoms with Crippen LogP contribution in [0.25, 0.3) is 10.9 Å². The Bertz CT molecular complexity index is 799. The van der Waals surface area contributed by atoms with Crippen LogP contribution in [0.4, 0.5) is 0 Å². The van der Waals surface area contributed by atoms with Crippen molar-refractivity contribution in [1.29, 1.82) is 0 Å². The molecule has 2 N–H and O–H groups in total. The van der Waals surface area contributed by atoms with E-state index in [1.54, 1.807) is 0 Å². The molecule has 2 aliphatic rings. The minimum Gasteiger partial charge on any atom is -0.361 e. The average Bonchev–Trinajstić information content (AvgIpc) is 3.12. The van der Waals surface area contributed by atoms with Crippen molar-refractivity contribution in [2.45, 2.75) is 57.4 Å². The highest BCUT2D eigenvalue weighted by molar-refractivity contribution is 5.89. The second-order valence-electron chi connectivity index (χ2n) is 8.03. The maximum atomic E-state index is 12.7. The monoisotopic (exact) mass is 367 g/mol. The van der Waals surface area contributed by atoms with Crippen molar-refractivity contribution in [1.82, 2.24) is 15.2 Å². The Morgan fingerprint density at radius 2 is 1.78 bits per heavy atom. The van der Waals surface area contributed by atoms with Crippen molar-refractivity contribution in [3.8, 4) is 0 Å². The zero-order chi connectivity index (χ0) is 18.6. The third-order valence-electron chi connectivity index (χ3n) is 6.19. The highest BCUT2D eigenvalue weighted by Gasteiger charge is 2.29. The zero-order valence-corrected chi connectivity index (χ0v) is 15.9. The summed E-state index contributed by atoms with van der Waals surface area (Å²) in [5.41, 5.74) is 2.12. The minimum absolute atomic E-state index is 0.0593. The molecule has 1 aliphatic heterocycles. The number of amides is 2. The van der Waals surface area contributed by atoms with E-state index in [1.807, 2.05) is 29.3 Å². The van der Waals surface area contributed by atoms with Gasteiger partial charge in [-0.15, -0.1) is 0 Å². The molecule has 5 heteroatoms. The summed E-state index contributed by atoms with van der Waals surface area (Å²) in [6, 6.07) is 8.44. The number of nitrogens with zero attached hydrogens (tertiary/aromatic N) is 1. The molecule has 2 aromatic rings. The number of hydrogen-bond donors (Lipinski definition) is 2. The van der Waals surface area contributed by atoms with E-state index in [0.717, 1.165) is 42.1 Å². The van der Waals surface area contributed by atoms with Crippen molar-refractivity contribution >= 4 is 22.7 Å². The smallest absolute Gasteiger partial charge is 0.227 e. The zero-order valence-electron chi connectivity index (χ0n) is 15.9. The number of H-pyrrole nitrogens is 1. The molecule has 1 aliphatic carbocycles. The number of para-hydroxylation sites is 1. The van der Waals surface area contributed by atoms with Crippen LogP contribution >= 0.6 is 0 Å². The lowest BCUT2D eigenvalue weighted by molar-refractivity contribution is -0.135. The summed E-state index contributed by atoms with van der Waals surface area (Å²) >= 11 is 0. The van der Waals surface area contributed by atoms with Crippen LogP contribution in [0.1, 0.15) is 50.5 Å². The van der Waals surface area contributed by atoms with Gasteiger partial charge in [0, 0.05) is 42.1 Å². The number of aromatic nitrogens is 1. The van der Waals surface area contributed by atoms with Gasteiger partial charge in [-0.25, -0.2) is 0 Å². The molecule has 2 amide bonds. The van der Waals surface area contributed by atoms with E-state index in [9.17, 15) is 9.59 Å². The number of nitrogens with one attached hydrogen (secondary N) is 2. The molecule has 1 aromatic heterocycles. The normalized spacial score (nSPS) is 19.3. The molecule has 0 unspecified atom stereocenters. The fourth-order valence-electron chi connectivity index (χ4n) is 4.51. The van der Waals surface area contributed by atoms with Crippen molar-refractivity contribution < 1.29 is 9.59 Å². The van der Waals surface area contributed by atoms with Gasteiger partial charge in [0.25, 0.3) is 0 Å². The molecule has 1 saturated carbocycles.